The molecule has 80 valence electrons. The highest BCUT2D eigenvalue weighted by atomic mass is 35.5. The van der Waals surface area contributed by atoms with Crippen molar-refractivity contribution in [3.63, 3.8) is 0 Å². The molecule has 0 aliphatic rings. The van der Waals surface area contributed by atoms with Crippen LogP contribution in [0.1, 0.15) is 5.76 Å². The zero-order chi connectivity index (χ0) is 11.1. The number of fused-ring (bicyclic) bond motifs is 1. The van der Waals surface area contributed by atoms with E-state index in [1.54, 1.807) is 6.20 Å². The molecule has 0 aliphatic carbocycles. The normalized spacial score (nSPS) is 11.1. The number of hydrogen-bond acceptors (Lipinski definition) is 2. The zero-order valence-electron chi connectivity index (χ0n) is 8.64. The molecule has 0 saturated carbocycles. The molecule has 3 aromatic heterocycles. The molecule has 4 heteroatoms. The molecule has 0 aromatic carbocycles. The highest BCUT2D eigenvalue weighted by molar-refractivity contribution is 6.29. The molecule has 0 unspecified atom stereocenters. The summed E-state index contributed by atoms with van der Waals surface area (Å²) in [6, 6.07) is 9.49. The minimum absolute atomic E-state index is 0.624. The first kappa shape index (κ1) is 9.48. The van der Waals surface area contributed by atoms with Gasteiger partial charge in [0, 0.05) is 0 Å². The van der Waals surface area contributed by atoms with Gasteiger partial charge in [-0.3, -0.25) is 4.40 Å². The van der Waals surface area contributed by atoms with E-state index in [4.69, 9.17) is 16.0 Å². The largest absolute Gasteiger partial charge is 0.458 e. The highest BCUT2D eigenvalue weighted by Gasteiger charge is 2.11. The number of hydrogen-bond donors (Lipinski definition) is 0. The first-order chi connectivity index (χ1) is 7.75. The van der Waals surface area contributed by atoms with Crippen molar-refractivity contribution in [3.05, 3.63) is 47.4 Å². The fourth-order valence-electron chi connectivity index (χ4n) is 1.74. The SMILES string of the molecule is Cc1ccc(-c2ncc3cccc(Cl)n23)o1. The van der Waals surface area contributed by atoms with Crippen LogP contribution in [0.2, 0.25) is 5.15 Å². The van der Waals surface area contributed by atoms with Crippen molar-refractivity contribution in [2.24, 2.45) is 0 Å². The molecule has 0 aliphatic heterocycles. The third-order valence-electron chi connectivity index (χ3n) is 2.46. The van der Waals surface area contributed by atoms with Crippen LogP contribution in [0, 0.1) is 6.92 Å². The molecule has 3 nitrogen and oxygen atoms in total. The number of aromatic nitrogens is 2. The van der Waals surface area contributed by atoms with E-state index in [0.717, 1.165) is 22.9 Å². The number of pyridine rings is 1. The van der Waals surface area contributed by atoms with Gasteiger partial charge in [0.2, 0.25) is 0 Å². The van der Waals surface area contributed by atoms with Gasteiger partial charge in [-0.15, -0.1) is 0 Å². The quantitative estimate of drug-likeness (QED) is 0.601. The van der Waals surface area contributed by atoms with E-state index in [1.807, 2.05) is 41.7 Å². The summed E-state index contributed by atoms with van der Waals surface area (Å²) in [4.78, 5) is 4.32. The number of rotatable bonds is 1. The van der Waals surface area contributed by atoms with Gasteiger partial charge in [0.15, 0.2) is 11.6 Å². The lowest BCUT2D eigenvalue weighted by Crippen LogP contribution is -1.89. The highest BCUT2D eigenvalue weighted by Crippen LogP contribution is 2.25. The fraction of sp³-hybridized carbons (Fsp3) is 0.0833. The van der Waals surface area contributed by atoms with Gasteiger partial charge in [0.05, 0.1) is 11.7 Å². The molecule has 0 bridgehead atoms. The summed E-state index contributed by atoms with van der Waals surface area (Å²) < 4.78 is 7.41. The number of furan rings is 1. The Balaban J connectivity index is 2.32. The van der Waals surface area contributed by atoms with Crippen molar-refractivity contribution in [2.45, 2.75) is 6.92 Å². The van der Waals surface area contributed by atoms with Gasteiger partial charge in [0.25, 0.3) is 0 Å². The first-order valence-corrected chi connectivity index (χ1v) is 5.32. The average molecular weight is 233 g/mol. The maximum absolute atomic E-state index is 6.14. The maximum atomic E-state index is 6.14. The second kappa shape index (κ2) is 3.39. The Morgan fingerprint density at radius 2 is 2.12 bits per heavy atom. The Morgan fingerprint density at radius 3 is 2.88 bits per heavy atom. The fourth-order valence-corrected chi connectivity index (χ4v) is 1.99. The number of nitrogens with zero attached hydrogens (tertiary/aromatic N) is 2. The van der Waals surface area contributed by atoms with Crippen LogP contribution in [0.5, 0.6) is 0 Å². The minimum atomic E-state index is 0.624. The van der Waals surface area contributed by atoms with Gasteiger partial charge < -0.3 is 4.42 Å². The lowest BCUT2D eigenvalue weighted by atomic mass is 10.4. The molecule has 3 heterocycles. The van der Waals surface area contributed by atoms with E-state index in [9.17, 15) is 0 Å². The molecule has 0 atom stereocenters. The molecule has 3 rings (SSSR count). The molecular formula is C12H9ClN2O. The molecule has 0 fully saturated rings. The van der Waals surface area contributed by atoms with Crippen LogP contribution in [0.15, 0.2) is 40.9 Å². The monoisotopic (exact) mass is 232 g/mol. The summed E-state index contributed by atoms with van der Waals surface area (Å²) in [5.74, 6) is 2.32. The summed E-state index contributed by atoms with van der Waals surface area (Å²) in [6.07, 6.45) is 1.78. The van der Waals surface area contributed by atoms with Crippen LogP contribution in [0.3, 0.4) is 0 Å². The smallest absolute Gasteiger partial charge is 0.181 e. The predicted molar refractivity (Wildman–Crippen MR) is 62.6 cm³/mol. The molecular weight excluding hydrogens is 224 g/mol. The summed E-state index contributed by atoms with van der Waals surface area (Å²) >= 11 is 6.14. The average Bonchev–Trinajstić information content (AvgIpc) is 2.84. The van der Waals surface area contributed by atoms with E-state index in [2.05, 4.69) is 4.98 Å². The Bertz CT molecular complexity index is 654. The van der Waals surface area contributed by atoms with Crippen molar-refractivity contribution in [1.82, 2.24) is 9.38 Å². The van der Waals surface area contributed by atoms with Crippen molar-refractivity contribution < 1.29 is 4.42 Å². The maximum Gasteiger partial charge on any atom is 0.181 e. The van der Waals surface area contributed by atoms with Crippen LogP contribution in [-0.4, -0.2) is 9.38 Å². The Hall–Kier alpha value is -1.74. The second-order valence-electron chi connectivity index (χ2n) is 3.60. The van der Waals surface area contributed by atoms with Gasteiger partial charge in [-0.2, -0.15) is 0 Å². The molecule has 0 radical (unpaired) electrons. The number of aryl methyl sites for hydroxylation is 1. The van der Waals surface area contributed by atoms with Gasteiger partial charge in [0.1, 0.15) is 10.9 Å². The van der Waals surface area contributed by atoms with Crippen molar-refractivity contribution in [3.8, 4) is 11.6 Å². The van der Waals surface area contributed by atoms with Crippen LogP contribution in [0.4, 0.5) is 0 Å². The van der Waals surface area contributed by atoms with Crippen LogP contribution in [-0.2, 0) is 0 Å². The third kappa shape index (κ3) is 1.32. The van der Waals surface area contributed by atoms with Gasteiger partial charge in [-0.05, 0) is 31.2 Å². The summed E-state index contributed by atoms with van der Waals surface area (Å²) in [5.41, 5.74) is 0.955. The van der Waals surface area contributed by atoms with E-state index < -0.39 is 0 Å². The van der Waals surface area contributed by atoms with Crippen LogP contribution < -0.4 is 0 Å². The number of halogens is 1. The summed E-state index contributed by atoms with van der Waals surface area (Å²) in [6.45, 7) is 1.90. The lowest BCUT2D eigenvalue weighted by Gasteiger charge is -2.00. The van der Waals surface area contributed by atoms with E-state index >= 15 is 0 Å². The lowest BCUT2D eigenvalue weighted by molar-refractivity contribution is 0.544. The molecule has 0 spiro atoms. The van der Waals surface area contributed by atoms with Crippen LogP contribution in [0.25, 0.3) is 17.1 Å². The Labute approximate surface area is 97.3 Å². The summed E-state index contributed by atoms with van der Waals surface area (Å²) in [5, 5.41) is 0.624. The number of imidazole rings is 1. The van der Waals surface area contributed by atoms with Crippen molar-refractivity contribution >= 4 is 17.1 Å². The first-order valence-electron chi connectivity index (χ1n) is 4.94. The molecule has 0 amide bonds. The van der Waals surface area contributed by atoms with Gasteiger partial charge in [-0.1, -0.05) is 17.7 Å². The topological polar surface area (TPSA) is 30.4 Å². The zero-order valence-corrected chi connectivity index (χ0v) is 9.40. The standard InChI is InChI=1S/C12H9ClN2O/c1-8-5-6-10(16-8)12-14-7-9-3-2-4-11(13)15(9)12/h2-7H,1H3. The van der Waals surface area contributed by atoms with E-state index in [-0.39, 0.29) is 0 Å². The molecule has 16 heavy (non-hydrogen) atoms. The van der Waals surface area contributed by atoms with E-state index in [1.165, 1.54) is 0 Å². The Kier molecular flexibility index (Phi) is 2.01. The minimum Gasteiger partial charge on any atom is -0.458 e. The van der Waals surface area contributed by atoms with Crippen molar-refractivity contribution in [2.75, 3.05) is 0 Å². The molecule has 0 saturated heterocycles. The van der Waals surface area contributed by atoms with Crippen LogP contribution >= 0.6 is 11.6 Å². The summed E-state index contributed by atoms with van der Waals surface area (Å²) in [7, 11) is 0. The Morgan fingerprint density at radius 1 is 1.25 bits per heavy atom. The second-order valence-corrected chi connectivity index (χ2v) is 3.99. The van der Waals surface area contributed by atoms with E-state index in [0.29, 0.717) is 5.15 Å². The third-order valence-corrected chi connectivity index (χ3v) is 2.76. The molecule has 3 aromatic rings. The predicted octanol–water partition coefficient (Wildman–Crippen LogP) is 3.56. The van der Waals surface area contributed by atoms with Gasteiger partial charge >= 0.3 is 0 Å². The van der Waals surface area contributed by atoms with Gasteiger partial charge in [-0.25, -0.2) is 4.98 Å². The molecule has 0 N–H and O–H groups in total. The van der Waals surface area contributed by atoms with Crippen molar-refractivity contribution in [1.29, 1.82) is 0 Å².